The van der Waals surface area contributed by atoms with Gasteiger partial charge in [0.2, 0.25) is 0 Å². The van der Waals surface area contributed by atoms with Crippen molar-refractivity contribution >= 4 is 26.3 Å². The molecule has 2 heterocycles. The molecule has 15 heavy (non-hydrogen) atoms. The fraction of sp³-hybridized carbons (Fsp3) is 0.200. The Morgan fingerprint density at radius 2 is 2.27 bits per heavy atom. The van der Waals surface area contributed by atoms with E-state index in [1.165, 1.54) is 0 Å². The monoisotopic (exact) mass is 221 g/mol. The fourth-order valence-corrected chi connectivity index (χ4v) is 1.85. The van der Waals surface area contributed by atoms with E-state index in [2.05, 4.69) is 14.4 Å². The summed E-state index contributed by atoms with van der Waals surface area (Å²) in [5.74, 6) is -0.00537. The number of carbonyl (C=O) groups excluding carboxylic acids is 1. The first-order valence-corrected chi connectivity index (χ1v) is 5.05. The molecule has 2 aromatic heterocycles. The molecule has 0 fully saturated rings. The minimum Gasteiger partial charge on any atom is -0.345 e. The normalized spacial score (nSPS) is 10.6. The number of rotatable bonds is 1. The molecule has 2 rings (SSSR count). The molecule has 1 unspecified atom stereocenters. The van der Waals surface area contributed by atoms with Gasteiger partial charge in [0.25, 0.3) is 5.91 Å². The van der Waals surface area contributed by atoms with Crippen LogP contribution in [0.4, 0.5) is 0 Å². The summed E-state index contributed by atoms with van der Waals surface area (Å²) in [6, 6.07) is 3.74. The molecule has 0 aromatic carbocycles. The summed E-state index contributed by atoms with van der Waals surface area (Å²) in [6.45, 7) is 0. The number of hydrogen-bond acceptors (Lipinski definition) is 2. The topological polar surface area (TPSA) is 38.1 Å². The molecule has 0 aliphatic rings. The van der Waals surface area contributed by atoms with Crippen LogP contribution in [0.25, 0.3) is 11.0 Å². The fourth-order valence-electron chi connectivity index (χ4n) is 1.49. The lowest BCUT2D eigenvalue weighted by Crippen LogP contribution is -2.21. The lowest BCUT2D eigenvalue weighted by molar-refractivity contribution is 0.0829. The zero-order valence-electron chi connectivity index (χ0n) is 8.64. The molecule has 0 radical (unpaired) electrons. The van der Waals surface area contributed by atoms with Gasteiger partial charge >= 0.3 is 0 Å². The number of carbonyl (C=O) groups is 1. The van der Waals surface area contributed by atoms with Crippen LogP contribution in [0.1, 0.15) is 10.4 Å². The summed E-state index contributed by atoms with van der Waals surface area (Å²) < 4.78 is 1.78. The van der Waals surface area contributed by atoms with Crippen molar-refractivity contribution in [2.45, 2.75) is 0 Å². The number of pyridine rings is 1. The Labute approximate surface area is 90.2 Å². The number of aromatic nitrogens is 2. The highest BCUT2D eigenvalue weighted by Gasteiger charge is 2.15. The van der Waals surface area contributed by atoms with Gasteiger partial charge in [-0.1, -0.05) is 0 Å². The Morgan fingerprint density at radius 3 is 2.93 bits per heavy atom. The second kappa shape index (κ2) is 3.63. The molecule has 1 amide bonds. The first-order chi connectivity index (χ1) is 7.11. The van der Waals surface area contributed by atoms with Crippen molar-refractivity contribution < 1.29 is 4.79 Å². The molecular weight excluding hydrogens is 209 g/mol. The number of nitrogens with zero attached hydrogens (tertiary/aromatic N) is 3. The molecule has 0 saturated carbocycles. The van der Waals surface area contributed by atoms with Gasteiger partial charge in [-0.3, -0.25) is 4.79 Å². The van der Waals surface area contributed by atoms with Gasteiger partial charge in [0.1, 0.15) is 5.65 Å². The van der Waals surface area contributed by atoms with E-state index in [1.54, 1.807) is 35.7 Å². The maximum absolute atomic E-state index is 11.8. The van der Waals surface area contributed by atoms with Crippen molar-refractivity contribution in [2.24, 2.45) is 0 Å². The highest BCUT2D eigenvalue weighted by atomic mass is 31.0. The zero-order chi connectivity index (χ0) is 11.0. The smallest absolute Gasteiger partial charge is 0.255 e. The van der Waals surface area contributed by atoms with Crippen molar-refractivity contribution in [1.29, 1.82) is 0 Å². The average Bonchev–Trinajstić information content (AvgIpc) is 2.56. The summed E-state index contributed by atoms with van der Waals surface area (Å²) in [7, 11) is 6.01. The first kappa shape index (κ1) is 10.1. The number of amides is 1. The lowest BCUT2D eigenvalue weighted by Gasteiger charge is -2.08. The van der Waals surface area contributed by atoms with Crippen molar-refractivity contribution in [3.05, 3.63) is 30.1 Å². The van der Waals surface area contributed by atoms with E-state index in [0.717, 1.165) is 11.0 Å². The van der Waals surface area contributed by atoms with Gasteiger partial charge < -0.3 is 9.24 Å². The molecule has 5 heteroatoms. The molecule has 4 nitrogen and oxygen atoms in total. The SMILES string of the molecule is CN(C)C(=O)c1cn(P)c2ncccc12. The van der Waals surface area contributed by atoms with Crippen LogP contribution in [0.2, 0.25) is 0 Å². The Morgan fingerprint density at radius 1 is 1.53 bits per heavy atom. The maximum Gasteiger partial charge on any atom is 0.255 e. The lowest BCUT2D eigenvalue weighted by atomic mass is 10.2. The van der Waals surface area contributed by atoms with Crippen molar-refractivity contribution in [3.8, 4) is 0 Å². The van der Waals surface area contributed by atoms with Gasteiger partial charge in [0.05, 0.1) is 5.56 Å². The Kier molecular flexibility index (Phi) is 2.45. The van der Waals surface area contributed by atoms with E-state index in [4.69, 9.17) is 0 Å². The Hall–Kier alpha value is -1.41. The maximum atomic E-state index is 11.8. The summed E-state index contributed by atoms with van der Waals surface area (Å²) in [4.78, 5) is 17.6. The molecule has 0 aliphatic carbocycles. The molecule has 78 valence electrons. The number of hydrogen-bond donors (Lipinski definition) is 0. The summed E-state index contributed by atoms with van der Waals surface area (Å²) in [6.07, 6.45) is 3.50. The third-order valence-electron chi connectivity index (χ3n) is 2.23. The van der Waals surface area contributed by atoms with Gasteiger partial charge in [0.15, 0.2) is 0 Å². The predicted octanol–water partition coefficient (Wildman–Crippen LogP) is 1.38. The third kappa shape index (κ3) is 1.61. The van der Waals surface area contributed by atoms with Gasteiger partial charge in [-0.2, -0.15) is 0 Å². The third-order valence-corrected chi connectivity index (χ3v) is 2.62. The van der Waals surface area contributed by atoms with Crippen LogP contribution >= 0.6 is 9.39 Å². The summed E-state index contributed by atoms with van der Waals surface area (Å²) in [5, 5.41) is 0.881. The van der Waals surface area contributed by atoms with E-state index in [0.29, 0.717) is 5.56 Å². The van der Waals surface area contributed by atoms with Crippen LogP contribution in [0, 0.1) is 0 Å². The van der Waals surface area contributed by atoms with E-state index >= 15 is 0 Å². The van der Waals surface area contributed by atoms with E-state index in [1.807, 2.05) is 12.1 Å². The largest absolute Gasteiger partial charge is 0.345 e. The highest BCUT2D eigenvalue weighted by Crippen LogP contribution is 2.21. The van der Waals surface area contributed by atoms with E-state index < -0.39 is 0 Å². The molecule has 1 atom stereocenters. The van der Waals surface area contributed by atoms with Crippen LogP contribution < -0.4 is 0 Å². The molecule has 0 saturated heterocycles. The molecule has 0 N–H and O–H groups in total. The van der Waals surface area contributed by atoms with Gasteiger partial charge in [0, 0.05) is 31.9 Å². The minimum atomic E-state index is -0.00537. The van der Waals surface area contributed by atoms with E-state index in [9.17, 15) is 4.79 Å². The second-order valence-electron chi connectivity index (χ2n) is 3.52. The van der Waals surface area contributed by atoms with Crippen molar-refractivity contribution in [3.63, 3.8) is 0 Å². The molecule has 0 aliphatic heterocycles. The molecule has 0 bridgehead atoms. The standard InChI is InChI=1S/C10H12N3OP/c1-12(2)10(14)8-6-13(15)9-7(8)4-3-5-11-9/h3-6H,15H2,1-2H3. The van der Waals surface area contributed by atoms with Gasteiger partial charge in [-0.15, -0.1) is 0 Å². The second-order valence-corrected chi connectivity index (χ2v) is 4.08. The van der Waals surface area contributed by atoms with Crippen LogP contribution in [-0.4, -0.2) is 34.2 Å². The molecule has 0 spiro atoms. The minimum absolute atomic E-state index is 0.00537. The van der Waals surface area contributed by atoms with E-state index in [-0.39, 0.29) is 5.91 Å². The predicted molar refractivity (Wildman–Crippen MR) is 62.9 cm³/mol. The van der Waals surface area contributed by atoms with Crippen molar-refractivity contribution in [1.82, 2.24) is 14.2 Å². The highest BCUT2D eigenvalue weighted by molar-refractivity contribution is 7.14. The van der Waals surface area contributed by atoms with Gasteiger partial charge in [-0.25, -0.2) is 4.98 Å². The summed E-state index contributed by atoms with van der Waals surface area (Å²) >= 11 is 0. The quantitative estimate of drug-likeness (QED) is 0.682. The van der Waals surface area contributed by atoms with Gasteiger partial charge in [-0.05, 0) is 21.5 Å². The van der Waals surface area contributed by atoms with Crippen LogP contribution in [-0.2, 0) is 0 Å². The first-order valence-electron chi connectivity index (χ1n) is 4.54. The average molecular weight is 221 g/mol. The van der Waals surface area contributed by atoms with Crippen LogP contribution in [0.15, 0.2) is 24.5 Å². The zero-order valence-corrected chi connectivity index (χ0v) is 9.79. The molecular formula is C10H12N3OP. The van der Waals surface area contributed by atoms with Crippen LogP contribution in [0.5, 0.6) is 0 Å². The number of fused-ring (bicyclic) bond motifs is 1. The molecule has 2 aromatic rings. The van der Waals surface area contributed by atoms with Crippen molar-refractivity contribution in [2.75, 3.05) is 14.1 Å². The summed E-state index contributed by atoms with van der Waals surface area (Å²) in [5.41, 5.74) is 1.48. The Bertz CT molecular complexity index is 518. The van der Waals surface area contributed by atoms with Crippen LogP contribution in [0.3, 0.4) is 0 Å². The Balaban J connectivity index is 2.67.